The molecule has 0 bridgehead atoms. The minimum atomic E-state index is -0.857. The van der Waals surface area contributed by atoms with Crippen LogP contribution in [0.1, 0.15) is 65.4 Å². The third-order valence-corrected chi connectivity index (χ3v) is 7.89. The van der Waals surface area contributed by atoms with Crippen LogP contribution in [0.5, 0.6) is 5.75 Å². The number of Topliss-reactive ketones (excluding diaryl/α,β-unsaturated/α-hetero) is 1. The van der Waals surface area contributed by atoms with E-state index in [1.165, 1.54) is 11.6 Å². The number of ether oxygens (including phenoxy) is 1. The van der Waals surface area contributed by atoms with E-state index < -0.39 is 11.7 Å². The molecule has 1 unspecified atom stereocenters. The minimum Gasteiger partial charge on any atom is -0.495 e. The summed E-state index contributed by atoms with van der Waals surface area (Å²) in [6, 6.07) is 6.21. The lowest BCUT2D eigenvalue weighted by Crippen LogP contribution is -2.45. The molecule has 0 N–H and O–H groups in total. The molecular weight excluding hydrogens is 520 g/mol. The Morgan fingerprint density at radius 2 is 2.00 bits per heavy atom. The lowest BCUT2D eigenvalue weighted by Gasteiger charge is -2.42. The Morgan fingerprint density at radius 1 is 1.22 bits per heavy atom. The second-order valence-electron chi connectivity index (χ2n) is 10.8. The number of fused-ring (bicyclic) bond motifs is 1. The maximum absolute atomic E-state index is 14.4. The van der Waals surface area contributed by atoms with Gasteiger partial charge in [-0.1, -0.05) is 32.6 Å². The molecule has 0 spiro atoms. The van der Waals surface area contributed by atoms with Crippen molar-refractivity contribution in [3.8, 4) is 5.75 Å². The fourth-order valence-electron chi connectivity index (χ4n) is 5.82. The number of carbonyl (C=O) groups is 1. The van der Waals surface area contributed by atoms with Gasteiger partial charge in [0, 0.05) is 43.1 Å². The van der Waals surface area contributed by atoms with Crippen LogP contribution in [0.3, 0.4) is 0 Å². The van der Waals surface area contributed by atoms with Crippen molar-refractivity contribution >= 4 is 17.5 Å². The van der Waals surface area contributed by atoms with Gasteiger partial charge in [-0.3, -0.25) is 14.8 Å². The summed E-state index contributed by atoms with van der Waals surface area (Å²) in [6.07, 6.45) is 14.5. The first-order chi connectivity index (χ1) is 19.6. The molecule has 0 saturated carbocycles. The van der Waals surface area contributed by atoms with Crippen molar-refractivity contribution in [1.29, 1.82) is 0 Å². The molecule has 7 heteroatoms. The van der Waals surface area contributed by atoms with Crippen LogP contribution in [0.15, 0.2) is 95.2 Å². The molecule has 0 radical (unpaired) electrons. The molecule has 41 heavy (non-hydrogen) atoms. The highest BCUT2D eigenvalue weighted by Gasteiger charge is 2.32. The molecule has 3 aliphatic rings. The second kappa shape index (κ2) is 13.2. The van der Waals surface area contributed by atoms with E-state index in [0.29, 0.717) is 24.6 Å². The molecule has 5 nitrogen and oxygen atoms in total. The molecule has 0 aliphatic carbocycles. The average molecular weight is 562 g/mol. The molecule has 0 amide bonds. The van der Waals surface area contributed by atoms with Crippen LogP contribution in [0.2, 0.25) is 0 Å². The van der Waals surface area contributed by atoms with Crippen molar-refractivity contribution in [3.63, 3.8) is 0 Å². The summed E-state index contributed by atoms with van der Waals surface area (Å²) in [5.74, 6) is -0.314. The Labute approximate surface area is 243 Å². The van der Waals surface area contributed by atoms with Gasteiger partial charge >= 0.3 is 0 Å². The molecular formula is C34H41F2N3O2. The minimum absolute atomic E-state index is 0.0596. The highest BCUT2D eigenvalue weighted by molar-refractivity contribution is 5.84. The lowest BCUT2D eigenvalue weighted by molar-refractivity contribution is -0.121. The van der Waals surface area contributed by atoms with Crippen molar-refractivity contribution in [1.82, 2.24) is 10.0 Å². The maximum atomic E-state index is 14.4. The number of ketones is 1. The van der Waals surface area contributed by atoms with Gasteiger partial charge in [0.15, 0.2) is 5.78 Å². The van der Waals surface area contributed by atoms with Crippen molar-refractivity contribution < 1.29 is 18.3 Å². The Bertz CT molecular complexity index is 1380. The number of methoxy groups -OCH3 is 1. The molecule has 1 aromatic rings. The van der Waals surface area contributed by atoms with Gasteiger partial charge in [-0.25, -0.2) is 8.78 Å². The van der Waals surface area contributed by atoms with Crippen LogP contribution in [-0.2, 0) is 4.79 Å². The number of piperidine rings is 1. The molecule has 3 aliphatic heterocycles. The predicted molar refractivity (Wildman–Crippen MR) is 163 cm³/mol. The highest BCUT2D eigenvalue weighted by Crippen LogP contribution is 2.39. The number of rotatable bonds is 8. The molecule has 1 aromatic carbocycles. The van der Waals surface area contributed by atoms with Gasteiger partial charge in [0.1, 0.15) is 17.4 Å². The third-order valence-electron chi connectivity index (χ3n) is 7.89. The number of carbonyl (C=O) groups excluding carboxylic acids is 1. The number of halogens is 2. The summed E-state index contributed by atoms with van der Waals surface area (Å²) in [7, 11) is 1.69. The zero-order chi connectivity index (χ0) is 29.7. The number of nitrogens with zero attached hydrogens (tertiary/aromatic N) is 3. The Kier molecular flexibility index (Phi) is 9.69. The quantitative estimate of drug-likeness (QED) is 0.297. The van der Waals surface area contributed by atoms with Crippen LogP contribution < -0.4 is 9.64 Å². The molecule has 3 heterocycles. The van der Waals surface area contributed by atoms with E-state index in [-0.39, 0.29) is 12.3 Å². The normalized spacial score (nSPS) is 21.3. The number of benzene rings is 1. The Hall–Kier alpha value is -3.87. The summed E-state index contributed by atoms with van der Waals surface area (Å²) in [5, 5.41) is 3.93. The summed E-state index contributed by atoms with van der Waals surface area (Å²) in [6.45, 7) is 12.1. The van der Waals surface area contributed by atoms with E-state index in [1.807, 2.05) is 11.1 Å². The zero-order valence-electron chi connectivity index (χ0n) is 24.8. The predicted octanol–water partition coefficient (Wildman–Crippen LogP) is 8.53. The van der Waals surface area contributed by atoms with E-state index in [9.17, 15) is 13.6 Å². The first-order valence-electron chi connectivity index (χ1n) is 14.4. The standard InChI is InChI=1S/C34H41F2N3O2/c1-7-27-13-15-37(21-23(27)3)32-12-11-26(19-33(32)41-6)18-29-10-9-14-38-34(29)28(8-2)20-31(40)22-39(38)25(5)17-30(36)16-24(4)35/h11-13,15-19,21,27H,4,7-10,14,20,22H2,1-3,5-6H3. The van der Waals surface area contributed by atoms with Crippen molar-refractivity contribution in [2.75, 3.05) is 25.1 Å². The van der Waals surface area contributed by atoms with Crippen LogP contribution >= 0.6 is 0 Å². The monoisotopic (exact) mass is 561 g/mol. The highest BCUT2D eigenvalue weighted by atomic mass is 19.1. The van der Waals surface area contributed by atoms with E-state index in [4.69, 9.17) is 4.74 Å². The zero-order valence-corrected chi connectivity index (χ0v) is 24.8. The maximum Gasteiger partial charge on any atom is 0.158 e. The molecule has 1 saturated heterocycles. The van der Waals surface area contributed by atoms with Crippen LogP contribution in [-0.4, -0.2) is 36.0 Å². The smallest absolute Gasteiger partial charge is 0.158 e. The van der Waals surface area contributed by atoms with Gasteiger partial charge in [-0.15, -0.1) is 0 Å². The van der Waals surface area contributed by atoms with Gasteiger partial charge < -0.3 is 9.64 Å². The van der Waals surface area contributed by atoms with Gasteiger partial charge in [0.05, 0.1) is 25.0 Å². The van der Waals surface area contributed by atoms with Gasteiger partial charge in [-0.05, 0) is 86.1 Å². The summed E-state index contributed by atoms with van der Waals surface area (Å²) in [4.78, 5) is 15.1. The van der Waals surface area contributed by atoms with Crippen molar-refractivity contribution in [2.24, 2.45) is 5.92 Å². The summed E-state index contributed by atoms with van der Waals surface area (Å²) < 4.78 is 33.4. The molecule has 1 fully saturated rings. The Balaban J connectivity index is 1.72. The molecule has 218 valence electrons. The van der Waals surface area contributed by atoms with E-state index in [0.717, 1.165) is 65.6 Å². The molecule has 0 aromatic heterocycles. The second-order valence-corrected chi connectivity index (χ2v) is 10.8. The number of hydrogen-bond acceptors (Lipinski definition) is 5. The largest absolute Gasteiger partial charge is 0.495 e. The molecule has 4 rings (SSSR count). The summed E-state index contributed by atoms with van der Waals surface area (Å²) in [5.41, 5.74) is 7.02. The fraction of sp³-hybridized carbons (Fsp3) is 0.382. The molecule has 1 atom stereocenters. The van der Waals surface area contributed by atoms with Crippen molar-refractivity contribution in [3.05, 3.63) is 101 Å². The fourth-order valence-corrected chi connectivity index (χ4v) is 5.82. The number of anilines is 1. The van der Waals surface area contributed by atoms with Crippen LogP contribution in [0.4, 0.5) is 14.5 Å². The third kappa shape index (κ3) is 6.89. The van der Waals surface area contributed by atoms with Gasteiger partial charge in [0.25, 0.3) is 0 Å². The van der Waals surface area contributed by atoms with Gasteiger partial charge in [-0.2, -0.15) is 0 Å². The first-order valence-corrected chi connectivity index (χ1v) is 14.4. The van der Waals surface area contributed by atoms with E-state index >= 15 is 0 Å². The number of hydrogen-bond donors (Lipinski definition) is 0. The average Bonchev–Trinajstić information content (AvgIpc) is 3.09. The van der Waals surface area contributed by atoms with E-state index in [2.05, 4.69) is 73.9 Å². The topological polar surface area (TPSA) is 36.0 Å². The lowest BCUT2D eigenvalue weighted by atomic mass is 9.93. The van der Waals surface area contributed by atoms with Gasteiger partial charge in [0.2, 0.25) is 0 Å². The van der Waals surface area contributed by atoms with E-state index in [1.54, 1.807) is 14.0 Å². The van der Waals surface area contributed by atoms with Crippen LogP contribution in [0, 0.1) is 5.92 Å². The van der Waals surface area contributed by atoms with Crippen LogP contribution in [0.25, 0.3) is 6.08 Å². The Morgan fingerprint density at radius 3 is 2.66 bits per heavy atom. The SMILES string of the molecule is C=C(F)C=C(F)C=C(C)N1CC(=O)CC(CC)=C2C(=Cc3ccc(N4C=CC(CC)C(C)=C4)c(OC)c3)CCCN21. The van der Waals surface area contributed by atoms with Crippen molar-refractivity contribution in [2.45, 2.75) is 59.8 Å². The number of hydrazine groups is 1. The summed E-state index contributed by atoms with van der Waals surface area (Å²) >= 11 is 0. The first kappa shape index (κ1) is 30.1. The number of allylic oxidation sites excluding steroid dienone is 9.